The Labute approximate surface area is 192 Å². The fourth-order valence-electron chi connectivity index (χ4n) is 3.17. The van der Waals surface area contributed by atoms with Crippen LogP contribution in [0.2, 0.25) is 0 Å². The highest BCUT2D eigenvalue weighted by molar-refractivity contribution is 7.53. The number of carbonyl (C=O) groups is 4. The van der Waals surface area contributed by atoms with Gasteiger partial charge < -0.3 is 29.6 Å². The number of amides is 2. The molecule has 2 atom stereocenters. The summed E-state index contributed by atoms with van der Waals surface area (Å²) in [6.07, 6.45) is 0.0253. The van der Waals surface area contributed by atoms with E-state index in [-0.39, 0.29) is 24.9 Å². The molecule has 2 amide bonds. The lowest BCUT2D eigenvalue weighted by molar-refractivity contribution is -0.161. The monoisotopic (exact) mass is 486 g/mol. The first-order chi connectivity index (χ1) is 15.5. The Hall–Kier alpha value is -2.75. The molecule has 0 bridgehead atoms. The second kappa shape index (κ2) is 13.1. The smallest absolute Gasteiger partial charge is 0.335 e. The fraction of sp³-hybridized carbons (Fsp3) is 0.524. The van der Waals surface area contributed by atoms with Crippen LogP contribution in [0.15, 0.2) is 24.3 Å². The molecule has 0 unspecified atom stereocenters. The largest absolute Gasteiger partial charge is 0.468 e. The molecule has 0 saturated heterocycles. The van der Waals surface area contributed by atoms with Crippen LogP contribution in [0, 0.1) is 11.8 Å². The third-order valence-electron chi connectivity index (χ3n) is 4.80. The van der Waals surface area contributed by atoms with E-state index >= 15 is 0 Å². The zero-order valence-electron chi connectivity index (χ0n) is 19.4. The van der Waals surface area contributed by atoms with Crippen LogP contribution in [0.3, 0.4) is 0 Å². The van der Waals surface area contributed by atoms with E-state index in [1.54, 1.807) is 26.0 Å². The van der Waals surface area contributed by atoms with Gasteiger partial charge in [-0.3, -0.25) is 23.7 Å². The maximum Gasteiger partial charge on any atom is 0.335 e. The third-order valence-corrected chi connectivity index (χ3v) is 6.85. The van der Waals surface area contributed by atoms with Gasteiger partial charge in [0.25, 0.3) is 5.91 Å². The molecule has 0 heterocycles. The highest BCUT2D eigenvalue weighted by Crippen LogP contribution is 2.51. The number of hydrogen-bond donors (Lipinski definition) is 2. The van der Waals surface area contributed by atoms with Gasteiger partial charge in [-0.15, -0.1) is 0 Å². The predicted molar refractivity (Wildman–Crippen MR) is 118 cm³/mol. The van der Waals surface area contributed by atoms with Crippen molar-refractivity contribution < 1.29 is 42.3 Å². The van der Waals surface area contributed by atoms with Gasteiger partial charge in [-0.1, -0.05) is 19.1 Å². The Morgan fingerprint density at radius 2 is 1.45 bits per heavy atom. The third kappa shape index (κ3) is 7.96. The summed E-state index contributed by atoms with van der Waals surface area (Å²) in [4.78, 5) is 48.8. The van der Waals surface area contributed by atoms with Crippen molar-refractivity contribution >= 4 is 31.3 Å². The van der Waals surface area contributed by atoms with E-state index in [1.807, 2.05) is 0 Å². The first-order valence-corrected chi connectivity index (χ1v) is 12.0. The summed E-state index contributed by atoms with van der Waals surface area (Å²) in [5.74, 6) is -5.97. The lowest BCUT2D eigenvalue weighted by Gasteiger charge is -2.26. The van der Waals surface area contributed by atoms with Gasteiger partial charge in [-0.2, -0.15) is 0 Å². The average Bonchev–Trinajstić information content (AvgIpc) is 2.77. The van der Waals surface area contributed by atoms with E-state index in [0.717, 1.165) is 14.2 Å². The summed E-state index contributed by atoms with van der Waals surface area (Å²) in [6.45, 7) is 5.27. The Morgan fingerprint density at radius 1 is 0.970 bits per heavy atom. The Bertz CT molecular complexity index is 862. The van der Waals surface area contributed by atoms with Gasteiger partial charge in [0.05, 0.1) is 33.6 Å². The summed E-state index contributed by atoms with van der Waals surface area (Å²) in [7, 11) is -1.15. The fourth-order valence-corrected chi connectivity index (χ4v) is 4.87. The molecule has 0 spiro atoms. The molecule has 11 nitrogen and oxygen atoms in total. The van der Waals surface area contributed by atoms with Crippen LogP contribution in [-0.2, 0) is 43.6 Å². The quantitative estimate of drug-likeness (QED) is 0.240. The minimum atomic E-state index is -3.31. The molecule has 0 radical (unpaired) electrons. The standard InChI is InChI=1S/C21H31N2O9P/c1-6-31-33(28,32-7-2)12-14-8-10-15(11-9-14)19(25)23-17(18(22)24)13(3)16(20(26)29-4)21(27)30-5/h8-11,13,16-17H,6-7,12H2,1-5H3,(H2,22,24)(H,23,25)/t13-,17+/m1/s1. The first-order valence-electron chi connectivity index (χ1n) is 10.3. The highest BCUT2D eigenvalue weighted by atomic mass is 31.2. The van der Waals surface area contributed by atoms with Gasteiger partial charge in [0.1, 0.15) is 6.04 Å². The highest BCUT2D eigenvalue weighted by Gasteiger charge is 2.41. The molecule has 0 saturated carbocycles. The molecule has 1 aromatic rings. The molecular formula is C21H31N2O9P. The van der Waals surface area contributed by atoms with E-state index in [1.165, 1.54) is 19.1 Å². The van der Waals surface area contributed by atoms with Crippen molar-refractivity contribution in [2.75, 3.05) is 27.4 Å². The number of nitrogens with two attached hydrogens (primary N) is 1. The summed E-state index contributed by atoms with van der Waals surface area (Å²) in [5, 5.41) is 2.45. The number of benzene rings is 1. The normalized spacial score (nSPS) is 13.2. The van der Waals surface area contributed by atoms with Crippen molar-refractivity contribution in [1.29, 1.82) is 0 Å². The molecule has 0 aromatic heterocycles. The van der Waals surface area contributed by atoms with Crippen molar-refractivity contribution in [1.82, 2.24) is 5.32 Å². The molecule has 33 heavy (non-hydrogen) atoms. The number of rotatable bonds is 13. The molecule has 0 aliphatic heterocycles. The SMILES string of the molecule is CCOP(=O)(Cc1ccc(C(=O)N[C@H](C(N)=O)[C@H](C)C(C(=O)OC)C(=O)OC)cc1)OCC. The van der Waals surface area contributed by atoms with Crippen LogP contribution in [0.1, 0.15) is 36.7 Å². The maximum atomic E-state index is 12.7. The molecule has 0 aliphatic rings. The Balaban J connectivity index is 3.04. The van der Waals surface area contributed by atoms with Gasteiger partial charge in [0, 0.05) is 11.5 Å². The topological polar surface area (TPSA) is 160 Å². The second-order valence-corrected chi connectivity index (χ2v) is 9.09. The minimum Gasteiger partial charge on any atom is -0.468 e. The Kier molecular flexibility index (Phi) is 11.2. The second-order valence-electron chi connectivity index (χ2n) is 7.04. The van der Waals surface area contributed by atoms with Crippen LogP contribution in [0.25, 0.3) is 0 Å². The average molecular weight is 486 g/mol. The molecule has 184 valence electrons. The summed E-state index contributed by atoms with van der Waals surface area (Å²) in [5.41, 5.74) is 6.21. The van der Waals surface area contributed by atoms with Gasteiger partial charge in [-0.05, 0) is 31.5 Å². The number of primary amides is 1. The number of esters is 2. The number of carbonyl (C=O) groups excluding carboxylic acids is 4. The van der Waals surface area contributed by atoms with E-state index in [4.69, 9.17) is 14.8 Å². The van der Waals surface area contributed by atoms with Gasteiger partial charge >= 0.3 is 19.5 Å². The molecule has 0 fully saturated rings. The van der Waals surface area contributed by atoms with Crippen molar-refractivity contribution in [3.8, 4) is 0 Å². The van der Waals surface area contributed by atoms with E-state index < -0.39 is 49.2 Å². The van der Waals surface area contributed by atoms with Crippen molar-refractivity contribution in [2.45, 2.75) is 33.0 Å². The van der Waals surface area contributed by atoms with Crippen molar-refractivity contribution in [2.24, 2.45) is 17.6 Å². The van der Waals surface area contributed by atoms with Crippen molar-refractivity contribution in [3.63, 3.8) is 0 Å². The molecule has 1 aromatic carbocycles. The number of nitrogens with one attached hydrogen (secondary N) is 1. The van der Waals surface area contributed by atoms with Gasteiger partial charge in [0.15, 0.2) is 5.92 Å². The van der Waals surface area contributed by atoms with E-state index in [0.29, 0.717) is 5.56 Å². The van der Waals surface area contributed by atoms with Gasteiger partial charge in [0.2, 0.25) is 5.91 Å². The summed E-state index contributed by atoms with van der Waals surface area (Å²) >= 11 is 0. The van der Waals surface area contributed by atoms with Crippen LogP contribution in [0.5, 0.6) is 0 Å². The lowest BCUT2D eigenvalue weighted by Crippen LogP contribution is -2.52. The van der Waals surface area contributed by atoms with Crippen LogP contribution < -0.4 is 11.1 Å². The summed E-state index contributed by atoms with van der Waals surface area (Å²) in [6, 6.07) is 4.72. The number of methoxy groups -OCH3 is 2. The summed E-state index contributed by atoms with van der Waals surface area (Å²) < 4.78 is 32.4. The number of ether oxygens (including phenoxy) is 2. The van der Waals surface area contributed by atoms with E-state index in [2.05, 4.69) is 14.8 Å². The first kappa shape index (κ1) is 28.3. The minimum absolute atomic E-state index is 0.0253. The molecule has 0 aliphatic carbocycles. The van der Waals surface area contributed by atoms with E-state index in [9.17, 15) is 23.7 Å². The molecular weight excluding hydrogens is 455 g/mol. The van der Waals surface area contributed by atoms with Crippen LogP contribution in [0.4, 0.5) is 0 Å². The molecule has 3 N–H and O–H groups in total. The lowest BCUT2D eigenvalue weighted by atomic mass is 9.86. The van der Waals surface area contributed by atoms with Crippen molar-refractivity contribution in [3.05, 3.63) is 35.4 Å². The van der Waals surface area contributed by atoms with Gasteiger partial charge in [-0.25, -0.2) is 0 Å². The molecule has 12 heteroatoms. The van der Waals surface area contributed by atoms with Crippen LogP contribution >= 0.6 is 7.60 Å². The molecule has 1 rings (SSSR count). The Morgan fingerprint density at radius 3 is 1.85 bits per heavy atom. The predicted octanol–water partition coefficient (Wildman–Crippen LogP) is 1.63. The zero-order chi connectivity index (χ0) is 25.2. The number of hydrogen-bond acceptors (Lipinski definition) is 9. The maximum absolute atomic E-state index is 12.7. The van der Waals surface area contributed by atoms with Crippen LogP contribution in [-0.4, -0.2) is 57.2 Å². The zero-order valence-corrected chi connectivity index (χ0v) is 20.3.